The Morgan fingerprint density at radius 3 is 2.84 bits per heavy atom. The summed E-state index contributed by atoms with van der Waals surface area (Å²) < 4.78 is 13.3. The number of nitrogens with one attached hydrogen (secondary N) is 1. The summed E-state index contributed by atoms with van der Waals surface area (Å²) in [6, 6.07) is 4.17. The molecule has 1 aromatic rings. The van der Waals surface area contributed by atoms with Crippen LogP contribution in [0.15, 0.2) is 18.2 Å². The zero-order valence-corrected chi connectivity index (χ0v) is 11.3. The molecule has 0 aromatic heterocycles. The Kier molecular flexibility index (Phi) is 4.40. The lowest BCUT2D eigenvalue weighted by Crippen LogP contribution is -2.33. The zero-order chi connectivity index (χ0) is 13.8. The van der Waals surface area contributed by atoms with Crippen LogP contribution in [0.25, 0.3) is 0 Å². The third-order valence-corrected chi connectivity index (χ3v) is 4.08. The van der Waals surface area contributed by atoms with Gasteiger partial charge in [-0.1, -0.05) is 26.2 Å². The van der Waals surface area contributed by atoms with E-state index in [0.717, 1.165) is 6.42 Å². The highest BCUT2D eigenvalue weighted by Crippen LogP contribution is 2.28. The Hall–Kier alpha value is -1.58. The van der Waals surface area contributed by atoms with Gasteiger partial charge in [-0.2, -0.15) is 0 Å². The van der Waals surface area contributed by atoms with E-state index in [0.29, 0.717) is 23.9 Å². The normalized spacial score (nSPS) is 23.1. The van der Waals surface area contributed by atoms with Crippen LogP contribution in [0.3, 0.4) is 0 Å². The molecule has 2 unspecified atom stereocenters. The fraction of sp³-hybridized carbons (Fsp3) is 0.533. The summed E-state index contributed by atoms with van der Waals surface area (Å²) in [5.74, 6) is 0.420. The van der Waals surface area contributed by atoms with E-state index in [1.807, 2.05) is 0 Å². The van der Waals surface area contributed by atoms with Gasteiger partial charge in [0.25, 0.3) is 5.91 Å². The van der Waals surface area contributed by atoms with Gasteiger partial charge in [0.05, 0.1) is 5.69 Å². The average molecular weight is 264 g/mol. The predicted octanol–water partition coefficient (Wildman–Crippen LogP) is 2.96. The van der Waals surface area contributed by atoms with Crippen molar-refractivity contribution in [2.45, 2.75) is 32.6 Å². The van der Waals surface area contributed by atoms with Crippen LogP contribution in [0, 0.1) is 17.7 Å². The smallest absolute Gasteiger partial charge is 0.251 e. The third kappa shape index (κ3) is 3.46. The van der Waals surface area contributed by atoms with Gasteiger partial charge in [-0.3, -0.25) is 4.79 Å². The Labute approximate surface area is 113 Å². The highest BCUT2D eigenvalue weighted by atomic mass is 19.1. The van der Waals surface area contributed by atoms with Crippen molar-refractivity contribution in [3.8, 4) is 0 Å². The summed E-state index contributed by atoms with van der Waals surface area (Å²) in [7, 11) is 0. The minimum absolute atomic E-state index is 0.0671. The van der Waals surface area contributed by atoms with Gasteiger partial charge in [0, 0.05) is 12.1 Å². The van der Waals surface area contributed by atoms with Gasteiger partial charge in [0.2, 0.25) is 0 Å². The van der Waals surface area contributed by atoms with Crippen molar-refractivity contribution < 1.29 is 9.18 Å². The van der Waals surface area contributed by atoms with Crippen LogP contribution in [0.1, 0.15) is 43.0 Å². The van der Waals surface area contributed by atoms with Crippen LogP contribution in [-0.4, -0.2) is 12.5 Å². The molecule has 3 nitrogen and oxygen atoms in total. The first-order chi connectivity index (χ1) is 9.08. The van der Waals surface area contributed by atoms with Crippen molar-refractivity contribution >= 4 is 11.6 Å². The molecule has 1 aliphatic rings. The maximum Gasteiger partial charge on any atom is 0.251 e. The molecule has 1 aliphatic carbocycles. The van der Waals surface area contributed by atoms with E-state index in [1.54, 1.807) is 6.07 Å². The van der Waals surface area contributed by atoms with Gasteiger partial charge in [0.15, 0.2) is 0 Å². The van der Waals surface area contributed by atoms with Crippen molar-refractivity contribution in [1.29, 1.82) is 0 Å². The van der Waals surface area contributed by atoms with Crippen molar-refractivity contribution in [3.05, 3.63) is 29.6 Å². The van der Waals surface area contributed by atoms with Gasteiger partial charge >= 0.3 is 0 Å². The monoisotopic (exact) mass is 264 g/mol. The molecule has 0 saturated heterocycles. The van der Waals surface area contributed by atoms with E-state index in [-0.39, 0.29) is 11.6 Å². The Bertz CT molecular complexity index is 461. The van der Waals surface area contributed by atoms with Crippen LogP contribution in [0.5, 0.6) is 0 Å². The number of anilines is 1. The Morgan fingerprint density at radius 2 is 2.16 bits per heavy atom. The molecule has 0 spiro atoms. The van der Waals surface area contributed by atoms with Crippen LogP contribution >= 0.6 is 0 Å². The number of hydrogen-bond acceptors (Lipinski definition) is 2. The molecule has 1 fully saturated rings. The molecule has 4 heteroatoms. The minimum Gasteiger partial charge on any atom is -0.396 e. The van der Waals surface area contributed by atoms with E-state index < -0.39 is 5.82 Å². The molecule has 2 atom stereocenters. The molecular weight excluding hydrogens is 243 g/mol. The Balaban J connectivity index is 1.91. The average Bonchev–Trinajstić information content (AvgIpc) is 2.40. The number of carbonyl (C=O) groups is 1. The van der Waals surface area contributed by atoms with Crippen molar-refractivity contribution in [2.24, 2.45) is 11.8 Å². The number of nitrogen functional groups attached to an aromatic ring is 1. The van der Waals surface area contributed by atoms with Gasteiger partial charge in [0.1, 0.15) is 5.82 Å². The van der Waals surface area contributed by atoms with Gasteiger partial charge < -0.3 is 11.1 Å². The van der Waals surface area contributed by atoms with Crippen molar-refractivity contribution in [1.82, 2.24) is 5.32 Å². The number of hydrogen-bond donors (Lipinski definition) is 2. The summed E-state index contributed by atoms with van der Waals surface area (Å²) in [5, 5.41) is 2.90. The van der Waals surface area contributed by atoms with Crippen molar-refractivity contribution in [2.75, 3.05) is 12.3 Å². The second kappa shape index (κ2) is 6.04. The maximum atomic E-state index is 13.3. The number of nitrogens with two attached hydrogens (primary N) is 1. The number of benzene rings is 1. The quantitative estimate of drug-likeness (QED) is 0.825. The molecule has 1 amide bonds. The topological polar surface area (TPSA) is 55.1 Å². The highest BCUT2D eigenvalue weighted by Gasteiger charge is 2.21. The summed E-state index contributed by atoms with van der Waals surface area (Å²) in [6.07, 6.45) is 4.92. The summed E-state index contributed by atoms with van der Waals surface area (Å²) in [6.45, 7) is 2.91. The summed E-state index contributed by atoms with van der Waals surface area (Å²) >= 11 is 0. The molecular formula is C15H21FN2O. The lowest BCUT2D eigenvalue weighted by Gasteiger charge is -2.28. The number of carbonyl (C=O) groups excluding carboxylic acids is 1. The standard InChI is InChI=1S/C15H21FN2O/c1-10-4-2-3-5-12(10)9-18-15(19)11-6-7-14(17)13(16)8-11/h6-8,10,12H,2-5,9,17H2,1H3,(H,18,19). The van der Waals surface area contributed by atoms with Crippen LogP contribution in [0.2, 0.25) is 0 Å². The molecule has 2 rings (SSSR count). The fourth-order valence-corrected chi connectivity index (χ4v) is 2.69. The molecule has 0 radical (unpaired) electrons. The third-order valence-electron chi connectivity index (χ3n) is 4.08. The zero-order valence-electron chi connectivity index (χ0n) is 11.3. The second-order valence-electron chi connectivity index (χ2n) is 5.47. The van der Waals surface area contributed by atoms with Gasteiger partial charge in [-0.05, 0) is 36.5 Å². The van der Waals surface area contributed by atoms with E-state index in [2.05, 4.69) is 12.2 Å². The van der Waals surface area contributed by atoms with Crippen LogP contribution in [-0.2, 0) is 0 Å². The van der Waals surface area contributed by atoms with E-state index in [9.17, 15) is 9.18 Å². The van der Waals surface area contributed by atoms with Crippen molar-refractivity contribution in [3.63, 3.8) is 0 Å². The lowest BCUT2D eigenvalue weighted by molar-refractivity contribution is 0.0936. The van der Waals surface area contributed by atoms with Crippen LogP contribution in [0.4, 0.5) is 10.1 Å². The SMILES string of the molecule is CC1CCCCC1CNC(=O)c1ccc(N)c(F)c1. The first kappa shape index (κ1) is 13.8. The lowest BCUT2D eigenvalue weighted by atomic mass is 9.80. The fourth-order valence-electron chi connectivity index (χ4n) is 2.69. The molecule has 104 valence electrons. The van der Waals surface area contributed by atoms with E-state index in [4.69, 9.17) is 5.73 Å². The Morgan fingerprint density at radius 1 is 1.42 bits per heavy atom. The van der Waals surface area contributed by atoms with Gasteiger partial charge in [-0.15, -0.1) is 0 Å². The van der Waals surface area contributed by atoms with Crippen LogP contribution < -0.4 is 11.1 Å². The first-order valence-corrected chi connectivity index (χ1v) is 6.91. The predicted molar refractivity (Wildman–Crippen MR) is 74.3 cm³/mol. The minimum atomic E-state index is -0.543. The second-order valence-corrected chi connectivity index (χ2v) is 5.47. The molecule has 19 heavy (non-hydrogen) atoms. The molecule has 1 aromatic carbocycles. The first-order valence-electron chi connectivity index (χ1n) is 6.91. The number of halogens is 1. The summed E-state index contributed by atoms with van der Waals surface area (Å²) in [5.41, 5.74) is 5.79. The van der Waals surface area contributed by atoms with E-state index >= 15 is 0 Å². The number of amides is 1. The highest BCUT2D eigenvalue weighted by molar-refractivity contribution is 5.94. The molecule has 0 heterocycles. The molecule has 0 aliphatic heterocycles. The molecule has 1 saturated carbocycles. The number of rotatable bonds is 3. The van der Waals surface area contributed by atoms with E-state index in [1.165, 1.54) is 31.4 Å². The maximum absolute atomic E-state index is 13.3. The van der Waals surface area contributed by atoms with Gasteiger partial charge in [-0.25, -0.2) is 4.39 Å². The summed E-state index contributed by atoms with van der Waals surface area (Å²) in [4.78, 5) is 11.9. The molecule has 3 N–H and O–H groups in total. The largest absolute Gasteiger partial charge is 0.396 e. The molecule has 0 bridgehead atoms.